The predicted molar refractivity (Wildman–Crippen MR) is 91.7 cm³/mol. The molecular weight excluding hydrogens is 291 g/mol. The van der Waals surface area contributed by atoms with Crippen molar-refractivity contribution < 1.29 is 4.39 Å². The van der Waals surface area contributed by atoms with Crippen molar-refractivity contribution in [1.29, 1.82) is 0 Å². The Morgan fingerprint density at radius 1 is 0.682 bits per heavy atom. The summed E-state index contributed by atoms with van der Waals surface area (Å²) in [7, 11) is 0. The molecule has 0 heterocycles. The molecule has 0 aliphatic carbocycles. The fourth-order valence-corrected chi connectivity index (χ4v) is 3.21. The number of thioether (sulfide) groups is 1. The van der Waals surface area contributed by atoms with Crippen LogP contribution in [-0.4, -0.2) is 0 Å². The first-order chi connectivity index (χ1) is 10.8. The molecule has 0 atom stereocenters. The molecule has 3 aromatic rings. The third kappa shape index (κ3) is 3.99. The van der Waals surface area contributed by atoms with Gasteiger partial charge < -0.3 is 0 Å². The van der Waals surface area contributed by atoms with Crippen LogP contribution in [0.1, 0.15) is 16.7 Å². The Hall–Kier alpha value is -2.06. The van der Waals surface area contributed by atoms with E-state index in [-0.39, 0.29) is 5.82 Å². The highest BCUT2D eigenvalue weighted by Gasteiger charge is 2.05. The second kappa shape index (κ2) is 7.28. The molecule has 0 nitrogen and oxygen atoms in total. The number of halogens is 1. The molecule has 0 amide bonds. The van der Waals surface area contributed by atoms with Gasteiger partial charge in [-0.25, -0.2) is 4.39 Å². The average Bonchev–Trinajstić information content (AvgIpc) is 2.56. The van der Waals surface area contributed by atoms with Gasteiger partial charge in [-0.2, -0.15) is 0 Å². The van der Waals surface area contributed by atoms with E-state index in [4.69, 9.17) is 0 Å². The molecule has 0 saturated carbocycles. The Bertz CT molecular complexity index is 723. The van der Waals surface area contributed by atoms with Crippen LogP contribution in [0.2, 0.25) is 0 Å². The maximum absolute atomic E-state index is 14.2. The Labute approximate surface area is 135 Å². The zero-order chi connectivity index (χ0) is 15.2. The van der Waals surface area contributed by atoms with E-state index < -0.39 is 0 Å². The average molecular weight is 308 g/mol. The third-order valence-corrected chi connectivity index (χ3v) is 4.60. The molecule has 0 saturated heterocycles. The van der Waals surface area contributed by atoms with Crippen molar-refractivity contribution in [3.63, 3.8) is 0 Å². The standard InChI is InChI=1S/C20H17FS/c21-19-14-18(13-16-7-3-1-4-8-16)11-12-20(19)22-15-17-9-5-2-6-10-17/h1-12,14H,13,15H2. The van der Waals surface area contributed by atoms with Crippen LogP contribution >= 0.6 is 11.8 Å². The van der Waals surface area contributed by atoms with Gasteiger partial charge >= 0.3 is 0 Å². The zero-order valence-electron chi connectivity index (χ0n) is 12.2. The van der Waals surface area contributed by atoms with Crippen molar-refractivity contribution in [3.8, 4) is 0 Å². The predicted octanol–water partition coefficient (Wildman–Crippen LogP) is 5.71. The maximum atomic E-state index is 14.2. The normalized spacial score (nSPS) is 10.6. The lowest BCUT2D eigenvalue weighted by Crippen LogP contribution is -1.91. The summed E-state index contributed by atoms with van der Waals surface area (Å²) < 4.78 is 14.2. The van der Waals surface area contributed by atoms with Gasteiger partial charge in [0.05, 0.1) is 0 Å². The van der Waals surface area contributed by atoms with E-state index in [9.17, 15) is 4.39 Å². The molecule has 0 unspecified atom stereocenters. The van der Waals surface area contributed by atoms with E-state index in [0.29, 0.717) is 4.90 Å². The SMILES string of the molecule is Fc1cc(Cc2ccccc2)ccc1SCc1ccccc1. The van der Waals surface area contributed by atoms with Crippen molar-refractivity contribution in [2.75, 3.05) is 0 Å². The topological polar surface area (TPSA) is 0 Å². The van der Waals surface area contributed by atoms with E-state index in [0.717, 1.165) is 17.7 Å². The van der Waals surface area contributed by atoms with Crippen molar-refractivity contribution in [2.24, 2.45) is 0 Å². The van der Waals surface area contributed by atoms with Crippen LogP contribution in [-0.2, 0) is 12.2 Å². The van der Waals surface area contributed by atoms with Gasteiger partial charge in [0.15, 0.2) is 0 Å². The second-order valence-electron chi connectivity index (χ2n) is 5.20. The van der Waals surface area contributed by atoms with Gasteiger partial charge in [-0.1, -0.05) is 66.7 Å². The largest absolute Gasteiger partial charge is 0.206 e. The molecule has 0 spiro atoms. The highest BCUT2D eigenvalue weighted by Crippen LogP contribution is 2.26. The van der Waals surface area contributed by atoms with Crippen LogP contribution in [0, 0.1) is 5.82 Å². The van der Waals surface area contributed by atoms with Gasteiger partial charge in [-0.05, 0) is 35.2 Å². The number of hydrogen-bond acceptors (Lipinski definition) is 1. The molecule has 0 aliphatic heterocycles. The van der Waals surface area contributed by atoms with Crippen molar-refractivity contribution >= 4 is 11.8 Å². The van der Waals surface area contributed by atoms with E-state index in [1.54, 1.807) is 17.8 Å². The minimum atomic E-state index is -0.130. The molecule has 0 aliphatic rings. The van der Waals surface area contributed by atoms with Gasteiger partial charge in [0.2, 0.25) is 0 Å². The highest BCUT2D eigenvalue weighted by molar-refractivity contribution is 7.98. The first-order valence-electron chi connectivity index (χ1n) is 7.30. The van der Waals surface area contributed by atoms with Gasteiger partial charge in [-0.15, -0.1) is 11.8 Å². The Morgan fingerprint density at radius 3 is 1.95 bits per heavy atom. The summed E-state index contributed by atoms with van der Waals surface area (Å²) in [5.74, 6) is 0.657. The first-order valence-corrected chi connectivity index (χ1v) is 8.29. The van der Waals surface area contributed by atoms with Crippen LogP contribution < -0.4 is 0 Å². The van der Waals surface area contributed by atoms with Crippen LogP contribution in [0.3, 0.4) is 0 Å². The van der Waals surface area contributed by atoms with Gasteiger partial charge in [-0.3, -0.25) is 0 Å². The number of benzene rings is 3. The number of hydrogen-bond donors (Lipinski definition) is 0. The summed E-state index contributed by atoms with van der Waals surface area (Å²) in [5.41, 5.74) is 3.42. The van der Waals surface area contributed by atoms with E-state index in [1.807, 2.05) is 48.5 Å². The smallest absolute Gasteiger partial charge is 0.137 e. The number of rotatable bonds is 5. The highest BCUT2D eigenvalue weighted by atomic mass is 32.2. The minimum Gasteiger partial charge on any atom is -0.206 e. The quantitative estimate of drug-likeness (QED) is 0.544. The van der Waals surface area contributed by atoms with Crippen LogP contribution in [0.4, 0.5) is 4.39 Å². The fraction of sp³-hybridized carbons (Fsp3) is 0.100. The maximum Gasteiger partial charge on any atom is 0.137 e. The van der Waals surface area contributed by atoms with Crippen LogP contribution in [0.25, 0.3) is 0 Å². The molecule has 0 bridgehead atoms. The van der Waals surface area contributed by atoms with Crippen LogP contribution in [0.15, 0.2) is 83.8 Å². The lowest BCUT2D eigenvalue weighted by Gasteiger charge is -2.07. The molecule has 22 heavy (non-hydrogen) atoms. The second-order valence-corrected chi connectivity index (χ2v) is 6.22. The summed E-state index contributed by atoms with van der Waals surface area (Å²) in [6.45, 7) is 0. The van der Waals surface area contributed by atoms with E-state index in [2.05, 4.69) is 24.3 Å². The molecule has 0 N–H and O–H groups in total. The first kappa shape index (κ1) is 14.9. The van der Waals surface area contributed by atoms with Crippen molar-refractivity contribution in [3.05, 3.63) is 101 Å². The summed E-state index contributed by atoms with van der Waals surface area (Å²) in [6.07, 6.45) is 0.765. The van der Waals surface area contributed by atoms with Crippen molar-refractivity contribution in [2.45, 2.75) is 17.1 Å². The summed E-state index contributed by atoms with van der Waals surface area (Å²) in [4.78, 5) is 0.709. The molecule has 0 radical (unpaired) electrons. The summed E-state index contributed by atoms with van der Waals surface area (Å²) in [6, 6.07) is 25.8. The minimum absolute atomic E-state index is 0.130. The zero-order valence-corrected chi connectivity index (χ0v) is 13.0. The molecule has 3 rings (SSSR count). The van der Waals surface area contributed by atoms with E-state index >= 15 is 0 Å². The van der Waals surface area contributed by atoms with Crippen molar-refractivity contribution in [1.82, 2.24) is 0 Å². The molecule has 2 heteroatoms. The molecule has 110 valence electrons. The molecule has 0 aromatic heterocycles. The monoisotopic (exact) mass is 308 g/mol. The van der Waals surface area contributed by atoms with Crippen LogP contribution in [0.5, 0.6) is 0 Å². The van der Waals surface area contributed by atoms with Gasteiger partial charge in [0, 0.05) is 10.6 Å². The fourth-order valence-electron chi connectivity index (χ4n) is 2.34. The Morgan fingerprint density at radius 2 is 1.32 bits per heavy atom. The van der Waals surface area contributed by atoms with E-state index in [1.165, 1.54) is 11.1 Å². The molecule has 3 aromatic carbocycles. The Balaban J connectivity index is 1.67. The van der Waals surface area contributed by atoms with Gasteiger partial charge in [0.1, 0.15) is 5.82 Å². The molecule has 0 fully saturated rings. The molecular formula is C20H17FS. The van der Waals surface area contributed by atoms with Gasteiger partial charge in [0.25, 0.3) is 0 Å². The Kier molecular flexibility index (Phi) is 4.92. The lowest BCUT2D eigenvalue weighted by atomic mass is 10.1. The lowest BCUT2D eigenvalue weighted by molar-refractivity contribution is 0.600. The summed E-state index contributed by atoms with van der Waals surface area (Å²) in [5, 5.41) is 0. The summed E-state index contributed by atoms with van der Waals surface area (Å²) >= 11 is 1.54. The third-order valence-electron chi connectivity index (χ3n) is 3.48.